The van der Waals surface area contributed by atoms with E-state index >= 15 is 0 Å². The lowest BCUT2D eigenvalue weighted by Gasteiger charge is -2.43. The third-order valence-corrected chi connectivity index (χ3v) is 8.63. The molecule has 0 saturated carbocycles. The van der Waals surface area contributed by atoms with Crippen LogP contribution in [-0.2, 0) is 14.8 Å². The summed E-state index contributed by atoms with van der Waals surface area (Å²) in [5.41, 5.74) is 2.55. The van der Waals surface area contributed by atoms with Gasteiger partial charge in [-0.3, -0.25) is 10.0 Å². The summed E-state index contributed by atoms with van der Waals surface area (Å²) in [6.07, 6.45) is 5.24. The van der Waals surface area contributed by atoms with Gasteiger partial charge in [-0.05, 0) is 62.4 Å². The molecule has 1 atom stereocenters. The number of carbonyl (C=O) groups is 1. The molecular formula is C22H24N4O5S2. The smallest absolute Gasteiger partial charge is 0.263 e. The van der Waals surface area contributed by atoms with Gasteiger partial charge in [0, 0.05) is 35.1 Å². The number of nitrogens with zero attached hydrogens (tertiary/aromatic N) is 3. The molecule has 1 aliphatic heterocycles. The third-order valence-electron chi connectivity index (χ3n) is 5.40. The van der Waals surface area contributed by atoms with E-state index < -0.39 is 26.7 Å². The first-order chi connectivity index (χ1) is 15.7. The van der Waals surface area contributed by atoms with Crippen LogP contribution in [0.3, 0.4) is 0 Å². The van der Waals surface area contributed by atoms with Gasteiger partial charge in [-0.15, -0.1) is 0 Å². The predicted octanol–water partition coefficient (Wildman–Crippen LogP) is 3.05. The Morgan fingerprint density at radius 1 is 1.15 bits per heavy atom. The summed E-state index contributed by atoms with van der Waals surface area (Å²) in [5, 5.41) is 9.17. The Morgan fingerprint density at radius 3 is 2.36 bits per heavy atom. The Bertz CT molecular complexity index is 1210. The molecule has 0 radical (unpaired) electrons. The van der Waals surface area contributed by atoms with Crippen molar-refractivity contribution in [3.63, 3.8) is 0 Å². The minimum atomic E-state index is -3.97. The topological polar surface area (TPSA) is 114 Å². The normalized spacial score (nSPS) is 18.6. The molecule has 4 rings (SSSR count). The molecule has 1 amide bonds. The van der Waals surface area contributed by atoms with Crippen molar-refractivity contribution in [2.45, 2.75) is 29.5 Å². The molecule has 3 aromatic rings. The number of benzene rings is 2. The molecule has 1 fully saturated rings. The van der Waals surface area contributed by atoms with E-state index in [2.05, 4.69) is 4.98 Å². The summed E-state index contributed by atoms with van der Waals surface area (Å²) in [5.74, 6) is 0.861. The van der Waals surface area contributed by atoms with Crippen LogP contribution < -0.4 is 10.2 Å². The number of hydrogen-bond donors (Lipinski definition) is 2. The molecule has 0 aliphatic carbocycles. The first-order valence-corrected chi connectivity index (χ1v) is 12.6. The number of thioether (sulfide) groups is 1. The average Bonchev–Trinajstić information content (AvgIpc) is 3.34. The summed E-state index contributed by atoms with van der Waals surface area (Å²) in [6.45, 7) is 3.73. The third kappa shape index (κ3) is 4.76. The number of hydrogen-bond acceptors (Lipinski definition) is 7. The van der Waals surface area contributed by atoms with E-state index in [4.69, 9.17) is 9.94 Å². The van der Waals surface area contributed by atoms with Crippen LogP contribution in [0.25, 0.3) is 5.69 Å². The van der Waals surface area contributed by atoms with Gasteiger partial charge in [-0.1, -0.05) is 0 Å². The van der Waals surface area contributed by atoms with E-state index in [0.29, 0.717) is 17.3 Å². The largest absolute Gasteiger partial charge is 0.457 e. The molecule has 2 heterocycles. The Balaban J connectivity index is 1.52. The fourth-order valence-electron chi connectivity index (χ4n) is 3.77. The Kier molecular flexibility index (Phi) is 6.48. The second kappa shape index (κ2) is 9.18. The van der Waals surface area contributed by atoms with Crippen LogP contribution in [0, 0.1) is 0 Å². The summed E-state index contributed by atoms with van der Waals surface area (Å²) in [4.78, 5) is 16.4. The quantitative estimate of drug-likeness (QED) is 0.405. The minimum absolute atomic E-state index is 0.0451. The number of hydroxylamine groups is 1. The van der Waals surface area contributed by atoms with Crippen molar-refractivity contribution in [2.24, 2.45) is 0 Å². The van der Waals surface area contributed by atoms with Gasteiger partial charge in [0.05, 0.1) is 11.2 Å². The van der Waals surface area contributed by atoms with Crippen LogP contribution in [0.1, 0.15) is 13.8 Å². The van der Waals surface area contributed by atoms with Crippen LogP contribution >= 0.6 is 11.8 Å². The molecule has 33 heavy (non-hydrogen) atoms. The number of carbonyl (C=O) groups excluding carboxylic acids is 1. The van der Waals surface area contributed by atoms with Crippen LogP contribution in [-0.4, -0.2) is 56.5 Å². The highest BCUT2D eigenvalue weighted by molar-refractivity contribution is 8.00. The lowest BCUT2D eigenvalue weighted by atomic mass is 10.0. The lowest BCUT2D eigenvalue weighted by Crippen LogP contribution is -2.61. The van der Waals surface area contributed by atoms with E-state index in [1.54, 1.807) is 44.0 Å². The number of amides is 1. The monoisotopic (exact) mass is 488 g/mol. The highest BCUT2D eigenvalue weighted by Gasteiger charge is 2.48. The second-order valence-corrected chi connectivity index (χ2v) is 11.6. The van der Waals surface area contributed by atoms with Gasteiger partial charge < -0.3 is 9.30 Å². The zero-order valence-electron chi connectivity index (χ0n) is 18.1. The van der Waals surface area contributed by atoms with Crippen molar-refractivity contribution in [3.05, 3.63) is 67.3 Å². The van der Waals surface area contributed by atoms with E-state index in [0.717, 1.165) is 9.99 Å². The zero-order valence-corrected chi connectivity index (χ0v) is 19.7. The maximum Gasteiger partial charge on any atom is 0.263 e. The zero-order chi connectivity index (χ0) is 23.6. The summed E-state index contributed by atoms with van der Waals surface area (Å²) in [6, 6.07) is 12.4. The maximum atomic E-state index is 13.3. The molecule has 0 spiro atoms. The van der Waals surface area contributed by atoms with Crippen molar-refractivity contribution in [3.8, 4) is 17.2 Å². The van der Waals surface area contributed by atoms with Crippen molar-refractivity contribution in [2.75, 3.05) is 12.3 Å². The number of aromatic nitrogens is 2. The lowest BCUT2D eigenvalue weighted by molar-refractivity contribution is -0.134. The molecule has 174 valence electrons. The Labute approximate surface area is 196 Å². The first-order valence-electron chi connectivity index (χ1n) is 10.2. The molecular weight excluding hydrogens is 464 g/mol. The van der Waals surface area contributed by atoms with Crippen molar-refractivity contribution >= 4 is 27.7 Å². The van der Waals surface area contributed by atoms with Crippen molar-refractivity contribution in [1.82, 2.24) is 19.3 Å². The van der Waals surface area contributed by atoms with Crippen LogP contribution in [0.2, 0.25) is 0 Å². The van der Waals surface area contributed by atoms with Crippen molar-refractivity contribution < 1.29 is 23.2 Å². The Morgan fingerprint density at radius 2 is 1.79 bits per heavy atom. The highest BCUT2D eigenvalue weighted by atomic mass is 32.2. The molecule has 0 bridgehead atoms. The average molecular weight is 489 g/mol. The van der Waals surface area contributed by atoms with E-state index in [9.17, 15) is 13.2 Å². The second-order valence-electron chi connectivity index (χ2n) is 7.98. The van der Waals surface area contributed by atoms with Gasteiger partial charge in [0.2, 0.25) is 10.0 Å². The van der Waals surface area contributed by atoms with Gasteiger partial charge in [0.25, 0.3) is 5.91 Å². The number of rotatable bonds is 6. The highest BCUT2D eigenvalue weighted by Crippen LogP contribution is 2.38. The Hall–Kier alpha value is -2.86. The van der Waals surface area contributed by atoms with Gasteiger partial charge in [0.15, 0.2) is 0 Å². The standard InChI is InChI=1S/C22H24N4O5S2/c1-22(2)20(21(27)24-28)26(13-14-32-22)33(29,30)19-9-7-18(8-10-19)31-17-5-3-16(4-6-17)25-12-11-23-15-25/h3-12,15,20,28H,13-14H2,1-2H3,(H,24,27)/t20-/m0/s1. The number of nitrogens with one attached hydrogen (secondary N) is 1. The fourth-order valence-corrected chi connectivity index (χ4v) is 6.88. The molecule has 0 unspecified atom stereocenters. The van der Waals surface area contributed by atoms with Gasteiger partial charge >= 0.3 is 0 Å². The van der Waals surface area contributed by atoms with E-state index in [1.165, 1.54) is 23.9 Å². The number of sulfonamides is 1. The minimum Gasteiger partial charge on any atom is -0.457 e. The van der Waals surface area contributed by atoms with Crippen LogP contribution in [0.4, 0.5) is 0 Å². The SMILES string of the molecule is CC1(C)SCCN(S(=O)(=O)c2ccc(Oc3ccc(-n4ccnc4)cc3)cc2)[C@H]1C(=O)NO. The van der Waals surface area contributed by atoms with Gasteiger partial charge in [-0.25, -0.2) is 18.9 Å². The van der Waals surface area contributed by atoms with E-state index in [-0.39, 0.29) is 11.4 Å². The summed E-state index contributed by atoms with van der Waals surface area (Å²) in [7, 11) is -3.97. The van der Waals surface area contributed by atoms with Crippen LogP contribution in [0.5, 0.6) is 11.5 Å². The molecule has 11 heteroatoms. The molecule has 1 aromatic heterocycles. The van der Waals surface area contributed by atoms with Crippen molar-refractivity contribution in [1.29, 1.82) is 0 Å². The molecule has 2 aromatic carbocycles. The molecule has 2 N–H and O–H groups in total. The molecule has 9 nitrogen and oxygen atoms in total. The van der Waals surface area contributed by atoms with Crippen LogP contribution in [0.15, 0.2) is 72.1 Å². The first kappa shape index (κ1) is 23.3. The number of imidazole rings is 1. The molecule has 1 saturated heterocycles. The fraction of sp³-hybridized carbons (Fsp3) is 0.273. The molecule has 1 aliphatic rings. The maximum absolute atomic E-state index is 13.3. The summed E-state index contributed by atoms with van der Waals surface area (Å²) >= 11 is 1.49. The summed E-state index contributed by atoms with van der Waals surface area (Å²) < 4.78 is 34.8. The van der Waals surface area contributed by atoms with Gasteiger partial charge in [-0.2, -0.15) is 16.1 Å². The predicted molar refractivity (Wildman–Crippen MR) is 124 cm³/mol. The van der Waals surface area contributed by atoms with E-state index in [1.807, 2.05) is 35.0 Å². The number of ether oxygens (including phenoxy) is 1. The van der Waals surface area contributed by atoms with Gasteiger partial charge in [0.1, 0.15) is 17.5 Å².